The zero-order valence-electron chi connectivity index (χ0n) is 14.3. The molecule has 2 aromatic heterocycles. The van der Waals surface area contributed by atoms with E-state index < -0.39 is 11.7 Å². The first-order valence-corrected chi connectivity index (χ1v) is 8.35. The molecule has 0 saturated heterocycles. The summed E-state index contributed by atoms with van der Waals surface area (Å²) >= 11 is 0. The normalized spacial score (nSPS) is 13.6. The topological polar surface area (TPSA) is 68.4 Å². The van der Waals surface area contributed by atoms with E-state index in [9.17, 15) is 13.2 Å². The number of aromatic amines is 1. The minimum absolute atomic E-state index is 0.0812. The van der Waals surface area contributed by atoms with E-state index in [4.69, 9.17) is 14.2 Å². The number of para-hydroxylation sites is 1. The van der Waals surface area contributed by atoms with Gasteiger partial charge in [-0.2, -0.15) is 13.2 Å². The molecule has 1 aromatic carbocycles. The predicted octanol–water partition coefficient (Wildman–Crippen LogP) is 4.50. The molecular weight excluding hydrogens is 363 g/mol. The van der Waals surface area contributed by atoms with Crippen molar-refractivity contribution < 1.29 is 27.4 Å². The number of alkyl halides is 3. The Bertz CT molecular complexity index is 985. The summed E-state index contributed by atoms with van der Waals surface area (Å²) in [5.74, 6) is 1.55. The lowest BCUT2D eigenvalue weighted by Gasteiger charge is -2.21. The molecule has 6 nitrogen and oxygen atoms in total. The van der Waals surface area contributed by atoms with Gasteiger partial charge in [0, 0.05) is 12.3 Å². The largest absolute Gasteiger partial charge is 0.493 e. The number of aromatic nitrogens is 2. The summed E-state index contributed by atoms with van der Waals surface area (Å²) in [5, 5.41) is 2.98. The number of rotatable bonds is 4. The number of nitrogens with one attached hydrogen (secondary N) is 2. The van der Waals surface area contributed by atoms with E-state index in [0.29, 0.717) is 36.2 Å². The van der Waals surface area contributed by atoms with Gasteiger partial charge in [0.1, 0.15) is 30.4 Å². The summed E-state index contributed by atoms with van der Waals surface area (Å²) in [6.45, 7) is 2.79. The lowest BCUT2D eigenvalue weighted by Crippen LogP contribution is -2.16. The number of hydrogen-bond acceptors (Lipinski definition) is 5. The quantitative estimate of drug-likeness (QED) is 0.699. The Morgan fingerprint density at radius 2 is 2.07 bits per heavy atom. The monoisotopic (exact) mass is 379 g/mol. The van der Waals surface area contributed by atoms with Gasteiger partial charge in [0.15, 0.2) is 11.5 Å². The van der Waals surface area contributed by atoms with Crippen LogP contribution in [0.25, 0.3) is 11.0 Å². The molecule has 0 aliphatic carbocycles. The number of hydrogen-bond donors (Lipinski definition) is 2. The average molecular weight is 379 g/mol. The fourth-order valence-electron chi connectivity index (χ4n) is 2.97. The van der Waals surface area contributed by atoms with Crippen molar-refractivity contribution in [1.29, 1.82) is 0 Å². The maximum atomic E-state index is 13.3. The van der Waals surface area contributed by atoms with Crippen molar-refractivity contribution in [1.82, 2.24) is 9.97 Å². The number of anilines is 2. The molecule has 0 radical (unpaired) electrons. The number of halogens is 3. The van der Waals surface area contributed by atoms with Crippen LogP contribution in [0.15, 0.2) is 30.5 Å². The second-order valence-electron chi connectivity index (χ2n) is 5.82. The Balaban J connectivity index is 1.78. The van der Waals surface area contributed by atoms with Crippen molar-refractivity contribution in [2.75, 3.05) is 25.1 Å². The van der Waals surface area contributed by atoms with Crippen LogP contribution in [0.2, 0.25) is 0 Å². The van der Waals surface area contributed by atoms with Crippen LogP contribution in [0.3, 0.4) is 0 Å². The van der Waals surface area contributed by atoms with Crippen LogP contribution in [-0.4, -0.2) is 29.8 Å². The minimum atomic E-state index is -4.51. The Labute approximate surface area is 152 Å². The highest BCUT2D eigenvalue weighted by atomic mass is 19.4. The van der Waals surface area contributed by atoms with Crippen molar-refractivity contribution in [2.24, 2.45) is 0 Å². The number of H-pyrrole nitrogens is 1. The number of fused-ring (bicyclic) bond motifs is 2. The molecule has 4 rings (SSSR count). The second-order valence-corrected chi connectivity index (χ2v) is 5.82. The van der Waals surface area contributed by atoms with Crippen LogP contribution < -0.4 is 19.5 Å². The Kier molecular flexibility index (Phi) is 4.21. The molecule has 0 unspecified atom stereocenters. The fraction of sp³-hybridized carbons (Fsp3) is 0.278. The smallest absolute Gasteiger partial charge is 0.418 e. The SMILES string of the molecule is CCOc1cc(Nc2cccc3c2OCCO3)nc2[nH]cc(C(F)(F)F)c12. The Morgan fingerprint density at radius 1 is 1.26 bits per heavy atom. The molecule has 0 bridgehead atoms. The average Bonchev–Trinajstić information content (AvgIpc) is 3.07. The molecule has 9 heteroatoms. The van der Waals surface area contributed by atoms with Crippen molar-refractivity contribution >= 4 is 22.5 Å². The molecule has 3 heterocycles. The first kappa shape index (κ1) is 17.3. The molecule has 1 aliphatic heterocycles. The predicted molar refractivity (Wildman–Crippen MR) is 93.0 cm³/mol. The molecule has 1 aliphatic rings. The van der Waals surface area contributed by atoms with Crippen LogP contribution in [0, 0.1) is 0 Å². The van der Waals surface area contributed by atoms with Crippen molar-refractivity contribution in [2.45, 2.75) is 13.1 Å². The molecule has 0 fully saturated rings. The van der Waals surface area contributed by atoms with Crippen LogP contribution in [0.4, 0.5) is 24.7 Å². The third-order valence-electron chi connectivity index (χ3n) is 4.04. The van der Waals surface area contributed by atoms with Gasteiger partial charge in [-0.15, -0.1) is 0 Å². The molecule has 0 saturated carbocycles. The van der Waals surface area contributed by atoms with Gasteiger partial charge in [0.25, 0.3) is 0 Å². The Hall–Kier alpha value is -3.10. The highest BCUT2D eigenvalue weighted by molar-refractivity contribution is 5.89. The molecular formula is C18H16F3N3O3. The minimum Gasteiger partial charge on any atom is -0.493 e. The van der Waals surface area contributed by atoms with Crippen molar-refractivity contribution in [3.05, 3.63) is 36.0 Å². The number of nitrogens with zero attached hydrogens (tertiary/aromatic N) is 1. The zero-order valence-corrected chi connectivity index (χ0v) is 14.3. The van der Waals surface area contributed by atoms with Gasteiger partial charge in [-0.1, -0.05) is 6.07 Å². The van der Waals surface area contributed by atoms with Gasteiger partial charge in [-0.25, -0.2) is 4.98 Å². The summed E-state index contributed by atoms with van der Waals surface area (Å²) in [4.78, 5) is 6.83. The molecule has 0 amide bonds. The number of benzene rings is 1. The highest BCUT2D eigenvalue weighted by Crippen LogP contribution is 2.42. The number of ether oxygens (including phenoxy) is 3. The first-order valence-electron chi connectivity index (χ1n) is 8.35. The third kappa shape index (κ3) is 3.20. The fourth-order valence-corrected chi connectivity index (χ4v) is 2.97. The Morgan fingerprint density at radius 3 is 2.85 bits per heavy atom. The molecule has 2 N–H and O–H groups in total. The summed E-state index contributed by atoms with van der Waals surface area (Å²) in [7, 11) is 0. The maximum Gasteiger partial charge on any atom is 0.418 e. The van der Waals surface area contributed by atoms with E-state index >= 15 is 0 Å². The van der Waals surface area contributed by atoms with E-state index in [1.807, 2.05) is 0 Å². The van der Waals surface area contributed by atoms with Crippen LogP contribution in [0.5, 0.6) is 17.2 Å². The highest BCUT2D eigenvalue weighted by Gasteiger charge is 2.35. The van der Waals surface area contributed by atoms with E-state index in [1.54, 1.807) is 25.1 Å². The summed E-state index contributed by atoms with van der Waals surface area (Å²) in [5.41, 5.74) is -0.129. The van der Waals surface area contributed by atoms with E-state index in [-0.39, 0.29) is 23.4 Å². The van der Waals surface area contributed by atoms with Gasteiger partial charge < -0.3 is 24.5 Å². The molecule has 3 aromatic rings. The zero-order chi connectivity index (χ0) is 19.0. The van der Waals surface area contributed by atoms with E-state index in [2.05, 4.69) is 15.3 Å². The first-order chi connectivity index (χ1) is 13.0. The van der Waals surface area contributed by atoms with Crippen LogP contribution in [0.1, 0.15) is 12.5 Å². The lowest BCUT2D eigenvalue weighted by atomic mass is 10.2. The van der Waals surface area contributed by atoms with Crippen LogP contribution in [-0.2, 0) is 6.18 Å². The standard InChI is InChI=1S/C18H16F3N3O3/c1-2-25-13-8-14(24-17-15(13)10(9-22-17)18(19,20)21)23-11-4-3-5-12-16(11)27-7-6-26-12/h3-5,8-9H,2,6-7H2,1H3,(H2,22,23,24). The summed E-state index contributed by atoms with van der Waals surface area (Å²) in [6.07, 6.45) is -3.62. The van der Waals surface area contributed by atoms with Crippen LogP contribution >= 0.6 is 0 Å². The van der Waals surface area contributed by atoms with Gasteiger partial charge in [0.05, 0.1) is 23.2 Å². The van der Waals surface area contributed by atoms with Gasteiger partial charge in [0.2, 0.25) is 0 Å². The van der Waals surface area contributed by atoms with Crippen molar-refractivity contribution in [3.63, 3.8) is 0 Å². The van der Waals surface area contributed by atoms with Gasteiger partial charge in [-0.05, 0) is 19.1 Å². The number of pyridine rings is 1. The lowest BCUT2D eigenvalue weighted by molar-refractivity contribution is -0.136. The molecule has 142 valence electrons. The van der Waals surface area contributed by atoms with Gasteiger partial charge in [-0.3, -0.25) is 0 Å². The molecule has 0 spiro atoms. The molecule has 27 heavy (non-hydrogen) atoms. The van der Waals surface area contributed by atoms with E-state index in [0.717, 1.165) is 6.20 Å². The third-order valence-corrected chi connectivity index (χ3v) is 4.04. The second kappa shape index (κ2) is 6.57. The molecule has 0 atom stereocenters. The summed E-state index contributed by atoms with van der Waals surface area (Å²) in [6, 6.07) is 6.78. The van der Waals surface area contributed by atoms with E-state index in [1.165, 1.54) is 6.07 Å². The summed E-state index contributed by atoms with van der Waals surface area (Å²) < 4.78 is 56.4. The van der Waals surface area contributed by atoms with Crippen molar-refractivity contribution in [3.8, 4) is 17.2 Å². The maximum absolute atomic E-state index is 13.3. The van der Waals surface area contributed by atoms with Gasteiger partial charge >= 0.3 is 6.18 Å².